The van der Waals surface area contributed by atoms with Gasteiger partial charge in [0.25, 0.3) is 5.91 Å². The maximum Gasteiger partial charge on any atom is 0.253 e. The fourth-order valence-electron chi connectivity index (χ4n) is 2.45. The predicted octanol–water partition coefficient (Wildman–Crippen LogP) is 2.84. The van der Waals surface area contributed by atoms with Gasteiger partial charge in [-0.3, -0.25) is 9.78 Å². The van der Waals surface area contributed by atoms with Gasteiger partial charge in [0.1, 0.15) is 0 Å². The minimum atomic E-state index is -0.0690. The Morgan fingerprint density at radius 2 is 2.14 bits per heavy atom. The zero-order valence-corrected chi connectivity index (χ0v) is 11.9. The quantitative estimate of drug-likeness (QED) is 0.771. The summed E-state index contributed by atoms with van der Waals surface area (Å²) in [5, 5.41) is 4.16. The highest BCUT2D eigenvalue weighted by Crippen LogP contribution is 2.17. The van der Waals surface area contributed by atoms with Crippen LogP contribution < -0.4 is 5.32 Å². The number of aromatic nitrogens is 2. The van der Waals surface area contributed by atoms with Gasteiger partial charge in [0.15, 0.2) is 0 Å². The molecule has 3 aromatic rings. The van der Waals surface area contributed by atoms with Crippen LogP contribution in [0.5, 0.6) is 0 Å². The van der Waals surface area contributed by atoms with Gasteiger partial charge >= 0.3 is 0 Å². The number of aromatic amines is 1. The van der Waals surface area contributed by atoms with Crippen molar-refractivity contribution < 1.29 is 4.79 Å². The Labute approximate surface area is 123 Å². The predicted molar refractivity (Wildman–Crippen MR) is 83.3 cm³/mol. The van der Waals surface area contributed by atoms with Crippen LogP contribution in [0.1, 0.15) is 21.5 Å². The zero-order chi connectivity index (χ0) is 14.7. The number of para-hydroxylation sites is 1. The number of rotatable bonds is 4. The lowest BCUT2D eigenvalue weighted by molar-refractivity contribution is 0.0953. The molecule has 106 valence electrons. The number of aryl methyl sites for hydroxylation is 1. The van der Waals surface area contributed by atoms with E-state index in [9.17, 15) is 4.79 Å². The van der Waals surface area contributed by atoms with Gasteiger partial charge in [-0.25, -0.2) is 0 Å². The standard InChI is InChI=1S/C17H17N3O/c1-12-6-8-18-11-15(12)17(21)19-9-7-13-10-20-16-5-3-2-4-14(13)16/h2-6,8,10-11,20H,7,9H2,1H3,(H,19,21). The molecule has 1 aromatic carbocycles. The molecule has 4 heteroatoms. The topological polar surface area (TPSA) is 57.8 Å². The van der Waals surface area contributed by atoms with E-state index in [-0.39, 0.29) is 5.91 Å². The van der Waals surface area contributed by atoms with Gasteiger partial charge in [0, 0.05) is 36.0 Å². The number of nitrogens with zero attached hydrogens (tertiary/aromatic N) is 1. The summed E-state index contributed by atoms with van der Waals surface area (Å²) in [6.07, 6.45) is 6.11. The van der Waals surface area contributed by atoms with Crippen molar-refractivity contribution in [2.24, 2.45) is 0 Å². The first-order valence-electron chi connectivity index (χ1n) is 6.99. The molecule has 2 heterocycles. The smallest absolute Gasteiger partial charge is 0.253 e. The van der Waals surface area contributed by atoms with Crippen LogP contribution in [0, 0.1) is 6.92 Å². The maximum atomic E-state index is 12.1. The van der Waals surface area contributed by atoms with Crippen LogP contribution in [0.4, 0.5) is 0 Å². The molecule has 4 nitrogen and oxygen atoms in total. The third-order valence-electron chi connectivity index (χ3n) is 3.64. The first-order valence-corrected chi connectivity index (χ1v) is 6.99. The minimum Gasteiger partial charge on any atom is -0.361 e. The van der Waals surface area contributed by atoms with E-state index in [1.807, 2.05) is 31.3 Å². The summed E-state index contributed by atoms with van der Waals surface area (Å²) in [4.78, 5) is 19.3. The largest absolute Gasteiger partial charge is 0.361 e. The Bertz CT molecular complexity index is 776. The lowest BCUT2D eigenvalue weighted by Gasteiger charge is -2.06. The van der Waals surface area contributed by atoms with E-state index >= 15 is 0 Å². The van der Waals surface area contributed by atoms with Crippen LogP contribution in [0.25, 0.3) is 10.9 Å². The number of nitrogens with one attached hydrogen (secondary N) is 2. The third kappa shape index (κ3) is 2.79. The molecule has 0 radical (unpaired) electrons. The number of hydrogen-bond donors (Lipinski definition) is 2. The van der Waals surface area contributed by atoms with E-state index in [0.29, 0.717) is 12.1 Å². The summed E-state index contributed by atoms with van der Waals surface area (Å²) in [7, 11) is 0. The van der Waals surface area contributed by atoms with Gasteiger partial charge in [-0.1, -0.05) is 18.2 Å². The monoisotopic (exact) mass is 279 g/mol. The number of benzene rings is 1. The number of hydrogen-bond acceptors (Lipinski definition) is 2. The summed E-state index contributed by atoms with van der Waals surface area (Å²) in [6.45, 7) is 2.52. The van der Waals surface area contributed by atoms with Gasteiger partial charge in [-0.05, 0) is 36.6 Å². The molecule has 0 bridgehead atoms. The number of carbonyl (C=O) groups excluding carboxylic acids is 1. The van der Waals surface area contributed by atoms with E-state index in [2.05, 4.69) is 27.4 Å². The van der Waals surface area contributed by atoms with Crippen LogP contribution in [0.2, 0.25) is 0 Å². The van der Waals surface area contributed by atoms with E-state index in [1.165, 1.54) is 10.9 Å². The highest BCUT2D eigenvalue weighted by Gasteiger charge is 2.09. The minimum absolute atomic E-state index is 0.0690. The van der Waals surface area contributed by atoms with Crippen LogP contribution in [0.15, 0.2) is 48.9 Å². The van der Waals surface area contributed by atoms with Gasteiger partial charge in [0.05, 0.1) is 5.56 Å². The number of carbonyl (C=O) groups is 1. The molecule has 0 saturated heterocycles. The Morgan fingerprint density at radius 1 is 1.29 bits per heavy atom. The summed E-state index contributed by atoms with van der Waals surface area (Å²) < 4.78 is 0. The van der Waals surface area contributed by atoms with E-state index < -0.39 is 0 Å². The summed E-state index contributed by atoms with van der Waals surface area (Å²) >= 11 is 0. The van der Waals surface area contributed by atoms with Gasteiger partial charge in [0.2, 0.25) is 0 Å². The van der Waals surface area contributed by atoms with Crippen LogP contribution in [0.3, 0.4) is 0 Å². The highest BCUT2D eigenvalue weighted by atomic mass is 16.1. The Kier molecular flexibility index (Phi) is 3.69. The zero-order valence-electron chi connectivity index (χ0n) is 11.9. The molecule has 0 aliphatic rings. The molecule has 2 aromatic heterocycles. The summed E-state index contributed by atoms with van der Waals surface area (Å²) in [6, 6.07) is 10.0. The van der Waals surface area contributed by atoms with Gasteiger partial charge in [-0.2, -0.15) is 0 Å². The number of amides is 1. The maximum absolute atomic E-state index is 12.1. The molecule has 2 N–H and O–H groups in total. The Hall–Kier alpha value is -2.62. The Balaban J connectivity index is 1.64. The highest BCUT2D eigenvalue weighted by molar-refractivity contribution is 5.95. The van der Waals surface area contributed by atoms with Crippen molar-refractivity contribution in [1.29, 1.82) is 0 Å². The van der Waals surface area contributed by atoms with Gasteiger partial charge in [-0.15, -0.1) is 0 Å². The molecule has 0 aliphatic heterocycles. The molecule has 21 heavy (non-hydrogen) atoms. The van der Waals surface area contributed by atoms with Crippen LogP contribution in [-0.4, -0.2) is 22.4 Å². The van der Waals surface area contributed by atoms with Gasteiger partial charge < -0.3 is 10.3 Å². The van der Waals surface area contributed by atoms with E-state index in [4.69, 9.17) is 0 Å². The van der Waals surface area contributed by atoms with Crippen molar-refractivity contribution >= 4 is 16.8 Å². The average Bonchev–Trinajstić information content (AvgIpc) is 2.91. The molecule has 0 fully saturated rings. The molecule has 3 rings (SSSR count). The molecule has 0 spiro atoms. The third-order valence-corrected chi connectivity index (χ3v) is 3.64. The van der Waals surface area contributed by atoms with Crippen LogP contribution >= 0.6 is 0 Å². The molecule has 0 unspecified atom stereocenters. The fourth-order valence-corrected chi connectivity index (χ4v) is 2.45. The Morgan fingerprint density at radius 3 is 3.00 bits per heavy atom. The number of pyridine rings is 1. The van der Waals surface area contributed by atoms with Crippen molar-refractivity contribution in [3.05, 3.63) is 65.6 Å². The lowest BCUT2D eigenvalue weighted by Crippen LogP contribution is -2.26. The van der Waals surface area contributed by atoms with Crippen molar-refractivity contribution in [3.63, 3.8) is 0 Å². The molecule has 1 amide bonds. The number of fused-ring (bicyclic) bond motifs is 1. The van der Waals surface area contributed by atoms with E-state index in [1.54, 1.807) is 12.4 Å². The van der Waals surface area contributed by atoms with Crippen molar-refractivity contribution in [3.8, 4) is 0 Å². The summed E-state index contributed by atoms with van der Waals surface area (Å²) in [5.74, 6) is -0.0690. The molecule has 0 aliphatic carbocycles. The lowest BCUT2D eigenvalue weighted by atomic mass is 10.1. The van der Waals surface area contributed by atoms with Crippen molar-refractivity contribution in [2.75, 3.05) is 6.54 Å². The molecular weight excluding hydrogens is 262 g/mol. The second kappa shape index (κ2) is 5.79. The first-order chi connectivity index (χ1) is 10.3. The summed E-state index contributed by atoms with van der Waals surface area (Å²) in [5.41, 5.74) is 3.92. The first kappa shape index (κ1) is 13.4. The SMILES string of the molecule is Cc1ccncc1C(=O)NCCc1c[nH]c2ccccc12. The average molecular weight is 279 g/mol. The van der Waals surface area contributed by atoms with E-state index in [0.717, 1.165) is 17.5 Å². The normalized spacial score (nSPS) is 10.7. The van der Waals surface area contributed by atoms with Crippen molar-refractivity contribution in [2.45, 2.75) is 13.3 Å². The molecular formula is C17H17N3O. The molecule has 0 atom stereocenters. The fraction of sp³-hybridized carbons (Fsp3) is 0.176. The molecule has 0 saturated carbocycles. The second-order valence-electron chi connectivity index (χ2n) is 5.06. The second-order valence-corrected chi connectivity index (χ2v) is 5.06. The van der Waals surface area contributed by atoms with Crippen LogP contribution in [-0.2, 0) is 6.42 Å². The van der Waals surface area contributed by atoms with Crippen molar-refractivity contribution in [1.82, 2.24) is 15.3 Å². The number of H-pyrrole nitrogens is 1.